The van der Waals surface area contributed by atoms with Gasteiger partial charge in [-0.2, -0.15) is 0 Å². The summed E-state index contributed by atoms with van der Waals surface area (Å²) in [5, 5.41) is 12.8. The second kappa shape index (κ2) is 14.4. The van der Waals surface area contributed by atoms with Crippen LogP contribution in [0.15, 0.2) is 243 Å². The topological polar surface area (TPSA) is 0 Å². The zero-order valence-electron chi connectivity index (χ0n) is 40.1. The molecular weight excluding hydrogens is 865 g/mol. The van der Waals surface area contributed by atoms with E-state index in [9.17, 15) is 0 Å². The van der Waals surface area contributed by atoms with E-state index in [1.54, 1.807) is 0 Å². The normalized spacial score (nSPS) is 14.2. The average Bonchev–Trinajstić information content (AvgIpc) is 3.99. The van der Waals surface area contributed by atoms with Crippen LogP contribution in [0.2, 0.25) is 0 Å². The van der Waals surface area contributed by atoms with Crippen molar-refractivity contribution in [3.63, 3.8) is 0 Å². The zero-order chi connectivity index (χ0) is 47.5. The van der Waals surface area contributed by atoms with Gasteiger partial charge < -0.3 is 0 Å². The van der Waals surface area contributed by atoms with E-state index in [0.29, 0.717) is 0 Å². The number of rotatable bonds is 3. The fraction of sp³-hybridized carbons (Fsp3) is 0.0556. The summed E-state index contributed by atoms with van der Waals surface area (Å²) >= 11 is 0. The van der Waals surface area contributed by atoms with Gasteiger partial charge in [-0.25, -0.2) is 0 Å². The number of benzene rings is 13. The van der Waals surface area contributed by atoms with Crippen LogP contribution < -0.4 is 0 Å². The van der Waals surface area contributed by atoms with Gasteiger partial charge in [-0.3, -0.25) is 0 Å². The lowest BCUT2D eigenvalue weighted by molar-refractivity contribution is 0.660. The van der Waals surface area contributed by atoms with Crippen LogP contribution in [0, 0.1) is 0 Å². The van der Waals surface area contributed by atoms with Crippen LogP contribution in [0.1, 0.15) is 47.2 Å². The van der Waals surface area contributed by atoms with Crippen LogP contribution in [0.3, 0.4) is 0 Å². The van der Waals surface area contributed by atoms with E-state index < -0.39 is 5.41 Å². The summed E-state index contributed by atoms with van der Waals surface area (Å²) in [7, 11) is 0. The van der Waals surface area contributed by atoms with Crippen LogP contribution in [0.4, 0.5) is 0 Å². The average molecular weight is 911 g/mol. The van der Waals surface area contributed by atoms with Crippen molar-refractivity contribution in [3.05, 3.63) is 276 Å². The van der Waals surface area contributed by atoms with Crippen molar-refractivity contribution in [2.45, 2.75) is 24.7 Å². The third kappa shape index (κ3) is 5.11. The molecule has 3 aliphatic rings. The van der Waals surface area contributed by atoms with Gasteiger partial charge in [-0.05, 0) is 184 Å². The number of hydrogen-bond donors (Lipinski definition) is 0. The molecular formula is C72H46. The predicted octanol–water partition coefficient (Wildman–Crippen LogP) is 19.1. The maximum atomic E-state index is 2.51. The molecule has 0 nitrogen and oxygen atoms in total. The quantitative estimate of drug-likeness (QED) is 0.122. The van der Waals surface area contributed by atoms with Crippen LogP contribution in [0.5, 0.6) is 0 Å². The molecule has 13 aromatic rings. The van der Waals surface area contributed by atoms with Crippen molar-refractivity contribution in [2.75, 3.05) is 0 Å². The molecule has 334 valence electrons. The molecule has 0 radical (unpaired) electrons. The van der Waals surface area contributed by atoms with Gasteiger partial charge in [0, 0.05) is 5.41 Å². The van der Waals surface area contributed by atoms with E-state index >= 15 is 0 Å². The molecule has 1 spiro atoms. The molecule has 0 heteroatoms. The number of hydrogen-bond acceptors (Lipinski definition) is 0. The summed E-state index contributed by atoms with van der Waals surface area (Å²) in [6, 6.07) is 92.4. The van der Waals surface area contributed by atoms with Gasteiger partial charge in [-0.15, -0.1) is 0 Å². The highest BCUT2D eigenvalue weighted by Gasteiger charge is 2.53. The Morgan fingerprint density at radius 3 is 1.33 bits per heavy atom. The smallest absolute Gasteiger partial charge is 0.0619 e. The monoisotopic (exact) mass is 910 g/mol. The summed E-state index contributed by atoms with van der Waals surface area (Å²) in [4.78, 5) is 0. The molecule has 0 unspecified atom stereocenters. The van der Waals surface area contributed by atoms with Gasteiger partial charge in [0.05, 0.1) is 5.41 Å². The lowest BCUT2D eigenvalue weighted by Crippen LogP contribution is -2.26. The van der Waals surface area contributed by atoms with E-state index in [2.05, 4.69) is 257 Å². The van der Waals surface area contributed by atoms with Gasteiger partial charge in [0.2, 0.25) is 0 Å². The van der Waals surface area contributed by atoms with Crippen molar-refractivity contribution in [1.29, 1.82) is 0 Å². The van der Waals surface area contributed by atoms with Crippen LogP contribution in [-0.4, -0.2) is 0 Å². The fourth-order valence-corrected chi connectivity index (χ4v) is 14.2. The molecule has 0 saturated carbocycles. The van der Waals surface area contributed by atoms with Crippen LogP contribution in [-0.2, 0) is 10.8 Å². The predicted molar refractivity (Wildman–Crippen MR) is 304 cm³/mol. The third-order valence-corrected chi connectivity index (χ3v) is 17.2. The van der Waals surface area contributed by atoms with Crippen LogP contribution >= 0.6 is 0 Å². The molecule has 0 atom stereocenters. The Labute approximate surface area is 419 Å². The summed E-state index contributed by atoms with van der Waals surface area (Å²) in [5.41, 5.74) is 23.2. The van der Waals surface area contributed by atoms with E-state index in [1.165, 1.54) is 154 Å². The second-order valence-electron chi connectivity index (χ2n) is 21.0. The first-order valence-electron chi connectivity index (χ1n) is 25.5. The largest absolute Gasteiger partial charge is 0.0731 e. The SMILES string of the molecule is CC1(C)c2ccccc2-c2ccc(-c3c4ccccc4c(-c4cccc(-c5ccc6c7c(c8ccccc8c6c5)-c5cc6ccccc6cc5C75c6ccccc6-c6ccccc65)c4)c4ccccc34)cc21. The van der Waals surface area contributed by atoms with Crippen molar-refractivity contribution < 1.29 is 0 Å². The minimum atomic E-state index is -0.485. The molecule has 0 saturated heterocycles. The molecule has 0 N–H and O–H groups in total. The highest BCUT2D eigenvalue weighted by molar-refractivity contribution is 6.23. The molecule has 0 fully saturated rings. The van der Waals surface area contributed by atoms with E-state index in [-0.39, 0.29) is 5.41 Å². The van der Waals surface area contributed by atoms with E-state index in [4.69, 9.17) is 0 Å². The molecule has 72 heavy (non-hydrogen) atoms. The maximum Gasteiger partial charge on any atom is 0.0731 e. The molecule has 0 aliphatic heterocycles. The Hall–Kier alpha value is -8.84. The first-order chi connectivity index (χ1) is 35.5. The first kappa shape index (κ1) is 39.9. The fourth-order valence-electron chi connectivity index (χ4n) is 14.2. The van der Waals surface area contributed by atoms with Crippen molar-refractivity contribution in [3.8, 4) is 66.8 Å². The molecule has 0 bridgehead atoms. The Morgan fingerprint density at radius 2 is 0.694 bits per heavy atom. The standard InChI is InChI=1S/C72H46/c1-71(2)62-31-14-11-23-50(62)53-36-35-48(42-65(53)71)68-57-29-9-7-27-55(57)67(56-28-8-10-30-58(56)68)47-21-17-20-43(38-47)46-34-37-59-60(39-46)49-22-5-6-26-54(49)69-61-40-44-18-3-4-19-45(44)41-66(61)72(70(59)69)63-32-15-12-24-51(63)52-25-13-16-33-64(52)72/h3-42H,1-2H3. The molecule has 16 rings (SSSR count). The Balaban J connectivity index is 0.913. The first-order valence-corrected chi connectivity index (χ1v) is 25.5. The lowest BCUT2D eigenvalue weighted by Gasteiger charge is -2.32. The molecule has 0 heterocycles. The number of fused-ring (bicyclic) bond motifs is 21. The van der Waals surface area contributed by atoms with Gasteiger partial charge in [0.25, 0.3) is 0 Å². The van der Waals surface area contributed by atoms with Crippen molar-refractivity contribution in [2.24, 2.45) is 0 Å². The summed E-state index contributed by atoms with van der Waals surface area (Å²) in [5.74, 6) is 0. The minimum absolute atomic E-state index is 0.0854. The molecule has 3 aliphatic carbocycles. The Bertz CT molecular complexity index is 4440. The maximum absolute atomic E-state index is 2.51. The molecule has 0 amide bonds. The summed E-state index contributed by atoms with van der Waals surface area (Å²) < 4.78 is 0. The molecule has 13 aromatic carbocycles. The lowest BCUT2D eigenvalue weighted by atomic mass is 9.69. The highest BCUT2D eigenvalue weighted by Crippen LogP contribution is 2.66. The van der Waals surface area contributed by atoms with Gasteiger partial charge in [0.15, 0.2) is 0 Å². The third-order valence-electron chi connectivity index (χ3n) is 17.2. The zero-order valence-corrected chi connectivity index (χ0v) is 40.1. The van der Waals surface area contributed by atoms with Crippen molar-refractivity contribution >= 4 is 53.9 Å². The van der Waals surface area contributed by atoms with E-state index in [0.717, 1.165) is 0 Å². The van der Waals surface area contributed by atoms with Gasteiger partial charge in [-0.1, -0.05) is 226 Å². The minimum Gasteiger partial charge on any atom is -0.0619 e. The Kier molecular flexibility index (Phi) is 7.98. The Morgan fingerprint density at radius 1 is 0.236 bits per heavy atom. The van der Waals surface area contributed by atoms with Crippen LogP contribution in [0.25, 0.3) is 121 Å². The summed E-state index contributed by atoms with van der Waals surface area (Å²) in [6.45, 7) is 4.76. The second-order valence-corrected chi connectivity index (χ2v) is 21.0. The van der Waals surface area contributed by atoms with E-state index in [1.807, 2.05) is 0 Å². The highest BCUT2D eigenvalue weighted by atomic mass is 14.5. The van der Waals surface area contributed by atoms with Gasteiger partial charge in [0.1, 0.15) is 0 Å². The molecule has 0 aromatic heterocycles. The van der Waals surface area contributed by atoms with Gasteiger partial charge >= 0.3 is 0 Å². The summed E-state index contributed by atoms with van der Waals surface area (Å²) in [6.07, 6.45) is 0. The van der Waals surface area contributed by atoms with Crippen molar-refractivity contribution in [1.82, 2.24) is 0 Å².